The first-order valence-electron chi connectivity index (χ1n) is 5.69. The van der Waals surface area contributed by atoms with E-state index in [0.29, 0.717) is 12.5 Å². The summed E-state index contributed by atoms with van der Waals surface area (Å²) >= 11 is 0. The van der Waals surface area contributed by atoms with Gasteiger partial charge in [0.1, 0.15) is 0 Å². The number of alkyl halides is 3. The minimum atomic E-state index is -4.16. The Balaban J connectivity index is 2.02. The number of hydrogen-bond donors (Lipinski definition) is 2. The van der Waals surface area contributed by atoms with Crippen LogP contribution in [0, 0.1) is 5.92 Å². The van der Waals surface area contributed by atoms with Crippen LogP contribution in [0.2, 0.25) is 0 Å². The summed E-state index contributed by atoms with van der Waals surface area (Å²) in [6, 6.07) is 0. The van der Waals surface area contributed by atoms with Crippen molar-refractivity contribution < 1.29 is 13.2 Å². The lowest BCUT2D eigenvalue weighted by Crippen LogP contribution is -2.70. The summed E-state index contributed by atoms with van der Waals surface area (Å²) < 4.78 is 36.7. The van der Waals surface area contributed by atoms with Crippen molar-refractivity contribution in [3.63, 3.8) is 0 Å². The van der Waals surface area contributed by atoms with Gasteiger partial charge in [-0.25, -0.2) is 0 Å². The second kappa shape index (κ2) is 4.16. The molecule has 3 N–H and O–H groups in total. The monoisotopic (exact) mass is 237 g/mol. The van der Waals surface area contributed by atoms with Crippen LogP contribution in [0.25, 0.3) is 0 Å². The van der Waals surface area contributed by atoms with Crippen molar-refractivity contribution in [3.05, 3.63) is 0 Å². The molecule has 0 aromatic carbocycles. The maximum absolute atomic E-state index is 12.2. The molecule has 0 saturated carbocycles. The molecule has 1 atom stereocenters. The first kappa shape index (κ1) is 12.1. The van der Waals surface area contributed by atoms with Gasteiger partial charge in [-0.15, -0.1) is 0 Å². The molecular formula is C10H18F3N3. The quantitative estimate of drug-likeness (QED) is 0.753. The molecule has 16 heavy (non-hydrogen) atoms. The highest BCUT2D eigenvalue weighted by atomic mass is 19.4. The first-order chi connectivity index (χ1) is 7.45. The van der Waals surface area contributed by atoms with E-state index in [-0.39, 0.29) is 6.54 Å². The van der Waals surface area contributed by atoms with E-state index in [1.54, 1.807) is 0 Å². The van der Waals surface area contributed by atoms with Crippen molar-refractivity contribution in [1.82, 2.24) is 10.2 Å². The topological polar surface area (TPSA) is 41.3 Å². The molecule has 3 rings (SSSR count). The number of piperidine rings is 3. The van der Waals surface area contributed by atoms with Crippen molar-refractivity contribution in [3.8, 4) is 0 Å². The van der Waals surface area contributed by atoms with Crippen LogP contribution in [0.4, 0.5) is 13.2 Å². The van der Waals surface area contributed by atoms with Gasteiger partial charge in [0, 0.05) is 18.6 Å². The summed E-state index contributed by atoms with van der Waals surface area (Å²) in [4.78, 5) is 2.20. The third kappa shape index (κ3) is 2.33. The molecular weight excluding hydrogens is 219 g/mol. The lowest BCUT2D eigenvalue weighted by Gasteiger charge is -2.53. The maximum atomic E-state index is 12.2. The van der Waals surface area contributed by atoms with Gasteiger partial charge in [-0.05, 0) is 31.8 Å². The predicted molar refractivity (Wildman–Crippen MR) is 55.0 cm³/mol. The molecule has 3 nitrogen and oxygen atoms in total. The Morgan fingerprint density at radius 3 is 2.31 bits per heavy atom. The fourth-order valence-corrected chi connectivity index (χ4v) is 2.95. The first-order valence-corrected chi connectivity index (χ1v) is 5.69. The number of nitrogens with two attached hydrogens (primary N) is 1. The maximum Gasteiger partial charge on any atom is 0.401 e. The molecule has 0 amide bonds. The van der Waals surface area contributed by atoms with Crippen LogP contribution in [-0.2, 0) is 0 Å². The van der Waals surface area contributed by atoms with Crippen LogP contribution >= 0.6 is 0 Å². The van der Waals surface area contributed by atoms with Gasteiger partial charge in [-0.1, -0.05) is 0 Å². The van der Waals surface area contributed by atoms with E-state index in [9.17, 15) is 13.2 Å². The van der Waals surface area contributed by atoms with Crippen LogP contribution in [-0.4, -0.2) is 49.3 Å². The molecule has 0 spiro atoms. The Kier molecular flexibility index (Phi) is 3.16. The molecule has 3 aliphatic rings. The number of fused-ring (bicyclic) bond motifs is 3. The Labute approximate surface area is 93.2 Å². The van der Waals surface area contributed by atoms with Crippen molar-refractivity contribution >= 4 is 0 Å². The van der Waals surface area contributed by atoms with Gasteiger partial charge in [0.15, 0.2) is 0 Å². The Hall–Kier alpha value is -0.330. The highest BCUT2D eigenvalue weighted by Gasteiger charge is 2.47. The smallest absolute Gasteiger partial charge is 0.329 e. The number of nitrogens with one attached hydrogen (secondary N) is 1. The van der Waals surface area contributed by atoms with Crippen LogP contribution in [0.3, 0.4) is 0 Å². The van der Waals surface area contributed by atoms with Gasteiger partial charge < -0.3 is 16.0 Å². The summed E-state index contributed by atoms with van der Waals surface area (Å²) in [5.74, 6) is 0.296. The third-order valence-electron chi connectivity index (χ3n) is 3.88. The fourth-order valence-electron chi connectivity index (χ4n) is 2.95. The fraction of sp³-hybridized carbons (Fsp3) is 1.00. The average molecular weight is 237 g/mol. The number of rotatable bonds is 3. The van der Waals surface area contributed by atoms with Crippen molar-refractivity contribution in [2.24, 2.45) is 11.7 Å². The van der Waals surface area contributed by atoms with E-state index in [1.165, 1.54) is 0 Å². The largest absolute Gasteiger partial charge is 0.401 e. The second-order valence-corrected chi connectivity index (χ2v) is 4.88. The van der Waals surface area contributed by atoms with Gasteiger partial charge >= 0.3 is 6.18 Å². The minimum absolute atomic E-state index is 0.282. The Morgan fingerprint density at radius 2 is 1.94 bits per heavy atom. The van der Waals surface area contributed by atoms with Crippen molar-refractivity contribution in [1.29, 1.82) is 0 Å². The van der Waals surface area contributed by atoms with E-state index in [4.69, 9.17) is 5.73 Å². The highest BCUT2D eigenvalue weighted by molar-refractivity contribution is 5.05. The van der Waals surface area contributed by atoms with E-state index >= 15 is 0 Å². The molecule has 0 aliphatic carbocycles. The molecule has 0 radical (unpaired) electrons. The lowest BCUT2D eigenvalue weighted by atomic mass is 9.72. The van der Waals surface area contributed by atoms with Crippen molar-refractivity contribution in [2.45, 2.75) is 24.6 Å². The summed E-state index contributed by atoms with van der Waals surface area (Å²) in [7, 11) is 0. The van der Waals surface area contributed by atoms with Gasteiger partial charge in [-0.2, -0.15) is 13.2 Å². The molecule has 3 heterocycles. The number of nitrogens with zero attached hydrogens (tertiary/aromatic N) is 1. The number of hydrogen-bond acceptors (Lipinski definition) is 3. The van der Waals surface area contributed by atoms with Crippen LogP contribution in [0.1, 0.15) is 12.8 Å². The molecule has 3 fully saturated rings. The van der Waals surface area contributed by atoms with Gasteiger partial charge in [0.05, 0.1) is 6.54 Å². The number of halogens is 3. The summed E-state index contributed by atoms with van der Waals surface area (Å²) in [5, 5.41) is 2.66. The van der Waals surface area contributed by atoms with Crippen LogP contribution in [0.5, 0.6) is 0 Å². The third-order valence-corrected chi connectivity index (χ3v) is 3.88. The molecule has 2 bridgehead atoms. The second-order valence-electron chi connectivity index (χ2n) is 4.88. The molecule has 6 heteroatoms. The summed E-state index contributed by atoms with van der Waals surface area (Å²) in [5.41, 5.74) is 5.18. The average Bonchev–Trinajstić information content (AvgIpc) is 2.27. The lowest BCUT2D eigenvalue weighted by molar-refractivity contribution is -0.134. The zero-order valence-corrected chi connectivity index (χ0v) is 9.19. The van der Waals surface area contributed by atoms with E-state index in [0.717, 1.165) is 25.9 Å². The van der Waals surface area contributed by atoms with E-state index < -0.39 is 18.3 Å². The molecule has 0 aromatic heterocycles. The SMILES string of the molecule is NCC1(NCC(F)(F)F)CN2CCC1CC2. The van der Waals surface area contributed by atoms with Gasteiger partial charge in [-0.3, -0.25) is 0 Å². The zero-order valence-electron chi connectivity index (χ0n) is 9.19. The normalized spacial score (nSPS) is 39.0. The Morgan fingerprint density at radius 1 is 1.31 bits per heavy atom. The Bertz CT molecular complexity index is 248. The van der Waals surface area contributed by atoms with Gasteiger partial charge in [0.2, 0.25) is 0 Å². The molecule has 3 saturated heterocycles. The molecule has 3 aliphatic heterocycles. The minimum Gasteiger partial charge on any atom is -0.329 e. The molecule has 94 valence electrons. The molecule has 1 unspecified atom stereocenters. The highest BCUT2D eigenvalue weighted by Crippen LogP contribution is 2.35. The zero-order chi connectivity index (χ0) is 11.8. The summed E-state index contributed by atoms with van der Waals surface area (Å²) in [6.45, 7) is 2.00. The van der Waals surface area contributed by atoms with Crippen LogP contribution in [0.15, 0.2) is 0 Å². The van der Waals surface area contributed by atoms with Crippen LogP contribution < -0.4 is 11.1 Å². The summed E-state index contributed by atoms with van der Waals surface area (Å²) in [6.07, 6.45) is -2.24. The van der Waals surface area contributed by atoms with Gasteiger partial charge in [0.25, 0.3) is 0 Å². The van der Waals surface area contributed by atoms with E-state index in [2.05, 4.69) is 10.2 Å². The predicted octanol–water partition coefficient (Wildman–Crippen LogP) is 0.561. The van der Waals surface area contributed by atoms with E-state index in [1.807, 2.05) is 0 Å². The van der Waals surface area contributed by atoms with Crippen molar-refractivity contribution in [2.75, 3.05) is 32.7 Å². The molecule has 0 aromatic rings. The standard InChI is InChI=1S/C10H18F3N3/c11-10(12,13)6-15-9(5-14)7-16-3-1-8(9)2-4-16/h8,15H,1-7,14H2.